The van der Waals surface area contributed by atoms with Crippen LogP contribution in [-0.2, 0) is 0 Å². The highest BCUT2D eigenvalue weighted by Crippen LogP contribution is 2.31. The van der Waals surface area contributed by atoms with Crippen molar-refractivity contribution in [1.82, 2.24) is 10.2 Å². The lowest BCUT2D eigenvalue weighted by Crippen LogP contribution is -2.05. The van der Waals surface area contributed by atoms with Crippen LogP contribution in [0.3, 0.4) is 0 Å². The van der Waals surface area contributed by atoms with Gasteiger partial charge in [0.05, 0.1) is 18.6 Å². The highest BCUT2D eigenvalue weighted by Gasteiger charge is 2.16. The van der Waals surface area contributed by atoms with Gasteiger partial charge in [-0.05, 0) is 32.9 Å². The van der Waals surface area contributed by atoms with E-state index in [9.17, 15) is 4.79 Å². The molecule has 8 nitrogen and oxygen atoms in total. The first-order valence-corrected chi connectivity index (χ1v) is 8.52. The summed E-state index contributed by atoms with van der Waals surface area (Å²) in [5.41, 5.74) is 0.0224. The second kappa shape index (κ2) is 7.39. The first kappa shape index (κ1) is 17.0. The molecule has 130 valence electrons. The van der Waals surface area contributed by atoms with Crippen molar-refractivity contribution in [2.45, 2.75) is 20.8 Å². The van der Waals surface area contributed by atoms with E-state index in [1.807, 2.05) is 13.8 Å². The zero-order valence-electron chi connectivity index (χ0n) is 14.0. The molecule has 25 heavy (non-hydrogen) atoms. The third-order valence-corrected chi connectivity index (χ3v) is 3.87. The number of azo groups is 1. The van der Waals surface area contributed by atoms with Gasteiger partial charge in [0.25, 0.3) is 5.13 Å². The van der Waals surface area contributed by atoms with Crippen LogP contribution in [0.4, 0.5) is 10.8 Å². The van der Waals surface area contributed by atoms with E-state index >= 15 is 0 Å². The first-order valence-electron chi connectivity index (χ1n) is 7.70. The van der Waals surface area contributed by atoms with Gasteiger partial charge in [-0.2, -0.15) is 0 Å². The van der Waals surface area contributed by atoms with Crippen molar-refractivity contribution in [2.75, 3.05) is 13.2 Å². The van der Waals surface area contributed by atoms with Crippen molar-refractivity contribution in [2.24, 2.45) is 10.2 Å². The minimum Gasteiger partial charge on any atom is -0.494 e. The maximum Gasteiger partial charge on any atom is 0.317 e. The van der Waals surface area contributed by atoms with Gasteiger partial charge in [0.1, 0.15) is 16.3 Å². The summed E-state index contributed by atoms with van der Waals surface area (Å²) >= 11 is 1.27. The monoisotopic (exact) mass is 360 g/mol. The summed E-state index contributed by atoms with van der Waals surface area (Å²) in [6.07, 6.45) is 0. The van der Waals surface area contributed by atoms with Crippen molar-refractivity contribution in [3.05, 3.63) is 33.4 Å². The molecule has 0 atom stereocenters. The molecule has 2 aromatic heterocycles. The molecule has 0 saturated heterocycles. The molecule has 1 aromatic carbocycles. The van der Waals surface area contributed by atoms with Crippen LogP contribution in [0.15, 0.2) is 37.6 Å². The first-order chi connectivity index (χ1) is 12.1. The molecular weight excluding hydrogens is 344 g/mol. The number of aromatic nitrogens is 2. The van der Waals surface area contributed by atoms with Crippen LogP contribution in [-0.4, -0.2) is 23.4 Å². The number of aryl methyl sites for hydroxylation is 1. The fourth-order valence-electron chi connectivity index (χ4n) is 2.13. The third kappa shape index (κ3) is 3.66. The van der Waals surface area contributed by atoms with Crippen LogP contribution < -0.4 is 14.9 Å². The molecule has 0 fully saturated rings. The third-order valence-electron chi connectivity index (χ3n) is 3.15. The molecule has 3 rings (SSSR count). The van der Waals surface area contributed by atoms with Crippen molar-refractivity contribution < 1.29 is 13.9 Å². The summed E-state index contributed by atoms with van der Waals surface area (Å²) in [7, 11) is 0. The lowest BCUT2D eigenvalue weighted by molar-refractivity contribution is 0.262. The zero-order chi connectivity index (χ0) is 17.8. The molecule has 9 heteroatoms. The van der Waals surface area contributed by atoms with Gasteiger partial charge in [-0.25, -0.2) is 0 Å². The Morgan fingerprint density at radius 2 is 1.96 bits per heavy atom. The van der Waals surface area contributed by atoms with E-state index in [2.05, 4.69) is 20.4 Å². The van der Waals surface area contributed by atoms with Gasteiger partial charge in [-0.15, -0.1) is 20.4 Å². The van der Waals surface area contributed by atoms with Crippen molar-refractivity contribution >= 4 is 33.1 Å². The predicted octanol–water partition coefficient (Wildman–Crippen LogP) is 4.17. The van der Waals surface area contributed by atoms with Crippen LogP contribution in [0.1, 0.15) is 18.9 Å². The Labute approximate surface area is 147 Å². The van der Waals surface area contributed by atoms with Gasteiger partial charge in [-0.1, -0.05) is 11.3 Å². The van der Waals surface area contributed by atoms with E-state index in [-0.39, 0.29) is 17.1 Å². The van der Waals surface area contributed by atoms with Gasteiger partial charge in [0, 0.05) is 6.07 Å². The van der Waals surface area contributed by atoms with Gasteiger partial charge in [0.15, 0.2) is 0 Å². The number of rotatable bonds is 6. The van der Waals surface area contributed by atoms with Crippen molar-refractivity contribution in [3.8, 4) is 11.7 Å². The largest absolute Gasteiger partial charge is 0.494 e. The Kier molecular flexibility index (Phi) is 5.03. The molecule has 0 aliphatic rings. The molecule has 0 saturated carbocycles. The highest BCUT2D eigenvalue weighted by molar-refractivity contribution is 7.14. The van der Waals surface area contributed by atoms with E-state index in [1.165, 1.54) is 11.3 Å². The minimum absolute atomic E-state index is 0.00800. The Balaban J connectivity index is 2.11. The summed E-state index contributed by atoms with van der Waals surface area (Å²) in [6, 6.07) is 4.99. The smallest absolute Gasteiger partial charge is 0.317 e. The lowest BCUT2D eigenvalue weighted by atomic mass is 10.2. The van der Waals surface area contributed by atoms with Crippen LogP contribution in [0.2, 0.25) is 0 Å². The molecule has 0 aliphatic carbocycles. The average molecular weight is 360 g/mol. The Hall–Kier alpha value is -2.81. The molecule has 0 radical (unpaired) electrons. The molecule has 0 aliphatic heterocycles. The van der Waals surface area contributed by atoms with E-state index in [1.54, 1.807) is 25.1 Å². The second-order valence-corrected chi connectivity index (χ2v) is 6.05. The van der Waals surface area contributed by atoms with Gasteiger partial charge >= 0.3 is 5.95 Å². The summed E-state index contributed by atoms with van der Waals surface area (Å²) in [4.78, 5) is 12.8. The molecule has 0 bridgehead atoms. The number of ether oxygens (including phenoxy) is 2. The van der Waals surface area contributed by atoms with Gasteiger partial charge < -0.3 is 13.9 Å². The second-order valence-electron chi connectivity index (χ2n) is 4.89. The highest BCUT2D eigenvalue weighted by atomic mass is 32.1. The maximum absolute atomic E-state index is 12.8. The Morgan fingerprint density at radius 1 is 1.16 bits per heavy atom. The maximum atomic E-state index is 12.8. The fraction of sp³-hybridized carbons (Fsp3) is 0.312. The zero-order valence-corrected chi connectivity index (χ0v) is 14.8. The van der Waals surface area contributed by atoms with Crippen molar-refractivity contribution in [1.29, 1.82) is 0 Å². The standard InChI is InChI=1S/C16H16N4O4S/c1-4-22-10-6-7-11-12(8-10)24-15(23-5-2)13(14(11)21)18-20-16-19-17-9(3)25-16/h6-8H,4-5H2,1-3H3/b20-18+. The number of fused-ring (bicyclic) bond motifs is 1. The van der Waals surface area contributed by atoms with E-state index in [0.29, 0.717) is 35.1 Å². The number of benzene rings is 1. The van der Waals surface area contributed by atoms with Crippen LogP contribution in [0, 0.1) is 6.92 Å². The van der Waals surface area contributed by atoms with E-state index < -0.39 is 0 Å². The average Bonchev–Trinajstić information content (AvgIpc) is 3.00. The summed E-state index contributed by atoms with van der Waals surface area (Å²) in [6.45, 7) is 6.31. The van der Waals surface area contributed by atoms with Crippen LogP contribution >= 0.6 is 11.3 Å². The number of hydrogen-bond donors (Lipinski definition) is 0. The molecule has 3 aromatic rings. The number of nitrogens with zero attached hydrogens (tertiary/aromatic N) is 4. The topological polar surface area (TPSA) is 99.2 Å². The van der Waals surface area contributed by atoms with Crippen molar-refractivity contribution in [3.63, 3.8) is 0 Å². The molecule has 0 N–H and O–H groups in total. The molecular formula is C16H16N4O4S. The quantitative estimate of drug-likeness (QED) is 0.612. The normalized spacial score (nSPS) is 11.3. The molecule has 2 heterocycles. The predicted molar refractivity (Wildman–Crippen MR) is 93.6 cm³/mol. The summed E-state index contributed by atoms with van der Waals surface area (Å²) in [5.74, 6) is 0.623. The van der Waals surface area contributed by atoms with Crippen LogP contribution in [0.25, 0.3) is 11.0 Å². The van der Waals surface area contributed by atoms with E-state index in [4.69, 9.17) is 13.9 Å². The van der Waals surface area contributed by atoms with Gasteiger partial charge in [-0.3, -0.25) is 4.79 Å². The molecule has 0 unspecified atom stereocenters. The SMILES string of the molecule is CCOc1ccc2c(=O)c(/N=N/c3nnc(C)s3)c(OCC)oc2c1. The minimum atomic E-state index is -0.335. The summed E-state index contributed by atoms with van der Waals surface area (Å²) < 4.78 is 16.6. The fourth-order valence-corrected chi connectivity index (χ4v) is 2.64. The molecule has 0 amide bonds. The number of hydrogen-bond acceptors (Lipinski definition) is 9. The molecule has 0 spiro atoms. The van der Waals surface area contributed by atoms with Crippen LogP contribution in [0.5, 0.6) is 11.7 Å². The Morgan fingerprint density at radius 3 is 2.64 bits per heavy atom. The summed E-state index contributed by atoms with van der Waals surface area (Å²) in [5, 5.41) is 17.1. The van der Waals surface area contributed by atoms with Gasteiger partial charge in [0.2, 0.25) is 11.1 Å². The Bertz CT molecular complexity index is 980. The van der Waals surface area contributed by atoms with E-state index in [0.717, 1.165) is 5.01 Å². The lowest BCUT2D eigenvalue weighted by Gasteiger charge is -2.08.